The van der Waals surface area contributed by atoms with Crippen LogP contribution in [-0.2, 0) is 0 Å². The smallest absolute Gasteiger partial charge is 0.194 e. The van der Waals surface area contributed by atoms with Crippen LogP contribution in [0.15, 0.2) is 30.3 Å². The summed E-state index contributed by atoms with van der Waals surface area (Å²) in [5.41, 5.74) is 2.53. The molecular weight excluding hydrogens is 259 g/mol. The van der Waals surface area contributed by atoms with Crippen LogP contribution in [0.3, 0.4) is 0 Å². The highest BCUT2D eigenvalue weighted by atomic mass is 35.5. The number of ketones is 1. The fraction of sp³-hybridized carbons (Fsp3) is 0. The molecule has 0 bridgehead atoms. The van der Waals surface area contributed by atoms with Crippen LogP contribution in [0.2, 0.25) is 10.0 Å². The maximum atomic E-state index is 12.1. The lowest BCUT2D eigenvalue weighted by atomic mass is 10.1. The molecule has 0 aromatic heterocycles. The summed E-state index contributed by atoms with van der Waals surface area (Å²) < 4.78 is 0. The summed E-state index contributed by atoms with van der Waals surface area (Å²) in [4.78, 5) is 12.1. The summed E-state index contributed by atoms with van der Waals surface area (Å²) in [6, 6.07) is 8.07. The number of phenolic OH excluding ortho intramolecular Hbond substituents is 1. The highest BCUT2D eigenvalue weighted by Gasteiger charge is 2.27. The highest BCUT2D eigenvalue weighted by Crippen LogP contribution is 2.41. The van der Waals surface area contributed by atoms with Gasteiger partial charge in [-0.1, -0.05) is 23.2 Å². The Morgan fingerprint density at radius 3 is 2.35 bits per heavy atom. The van der Waals surface area contributed by atoms with Gasteiger partial charge in [-0.05, 0) is 41.5 Å². The van der Waals surface area contributed by atoms with Gasteiger partial charge in [-0.2, -0.15) is 0 Å². The Balaban J connectivity index is 2.37. The summed E-state index contributed by atoms with van der Waals surface area (Å²) in [6.45, 7) is 0. The first-order valence-corrected chi connectivity index (χ1v) is 5.70. The van der Waals surface area contributed by atoms with Gasteiger partial charge in [0.05, 0.1) is 5.02 Å². The molecule has 0 fully saturated rings. The topological polar surface area (TPSA) is 37.3 Å². The number of benzene rings is 2. The van der Waals surface area contributed by atoms with Gasteiger partial charge in [0.15, 0.2) is 5.78 Å². The Hall–Kier alpha value is -1.51. The van der Waals surface area contributed by atoms with Crippen LogP contribution in [-0.4, -0.2) is 10.9 Å². The highest BCUT2D eigenvalue weighted by molar-refractivity contribution is 6.34. The first kappa shape index (κ1) is 10.6. The van der Waals surface area contributed by atoms with Crippen molar-refractivity contribution in [3.63, 3.8) is 0 Å². The van der Waals surface area contributed by atoms with Crippen molar-refractivity contribution >= 4 is 29.0 Å². The molecule has 0 atom stereocenters. The van der Waals surface area contributed by atoms with Crippen LogP contribution in [0.5, 0.6) is 5.75 Å². The maximum absolute atomic E-state index is 12.1. The van der Waals surface area contributed by atoms with Gasteiger partial charge in [-0.15, -0.1) is 0 Å². The third-order valence-electron chi connectivity index (χ3n) is 2.85. The van der Waals surface area contributed by atoms with E-state index in [0.29, 0.717) is 16.1 Å². The van der Waals surface area contributed by atoms with Crippen molar-refractivity contribution in [2.75, 3.05) is 0 Å². The van der Waals surface area contributed by atoms with Crippen molar-refractivity contribution in [3.8, 4) is 16.9 Å². The quantitative estimate of drug-likeness (QED) is 0.669. The number of carbonyl (C=O) groups excluding carboxylic acids is 1. The Bertz CT molecular complexity index is 663. The van der Waals surface area contributed by atoms with E-state index in [-0.39, 0.29) is 16.6 Å². The minimum atomic E-state index is -0.112. The first-order valence-electron chi connectivity index (χ1n) is 4.95. The van der Waals surface area contributed by atoms with Crippen LogP contribution in [0.1, 0.15) is 15.9 Å². The van der Waals surface area contributed by atoms with E-state index >= 15 is 0 Å². The molecule has 0 radical (unpaired) electrons. The normalized spacial score (nSPS) is 12.5. The molecule has 0 unspecified atom stereocenters. The molecule has 0 heterocycles. The molecule has 0 saturated carbocycles. The number of rotatable bonds is 0. The predicted octanol–water partition coefficient (Wildman–Crippen LogP) is 3.91. The molecule has 84 valence electrons. The number of fused-ring (bicyclic) bond motifs is 3. The van der Waals surface area contributed by atoms with Crippen molar-refractivity contribution in [3.05, 3.63) is 51.5 Å². The zero-order valence-electron chi connectivity index (χ0n) is 8.50. The number of phenols is 1. The molecule has 3 rings (SSSR count). The van der Waals surface area contributed by atoms with Gasteiger partial charge < -0.3 is 5.11 Å². The van der Waals surface area contributed by atoms with Crippen LogP contribution in [0.4, 0.5) is 0 Å². The molecule has 4 heteroatoms. The summed E-state index contributed by atoms with van der Waals surface area (Å²) in [5, 5.41) is 10.3. The van der Waals surface area contributed by atoms with E-state index < -0.39 is 0 Å². The lowest BCUT2D eigenvalue weighted by Gasteiger charge is -2.02. The molecule has 0 amide bonds. The Kier molecular flexibility index (Phi) is 2.18. The summed E-state index contributed by atoms with van der Waals surface area (Å²) >= 11 is 11.8. The van der Waals surface area contributed by atoms with E-state index in [0.717, 1.165) is 11.1 Å². The van der Waals surface area contributed by atoms with Crippen LogP contribution in [0, 0.1) is 0 Å². The molecule has 17 heavy (non-hydrogen) atoms. The standard InChI is InChI=1S/C13H6Cl2O2/c14-6-1-2-7-8(3-6)9-4-11(15)12(16)5-10(9)13(7)17/h1-5,16H. The minimum Gasteiger partial charge on any atom is -0.506 e. The van der Waals surface area contributed by atoms with Crippen molar-refractivity contribution in [2.24, 2.45) is 0 Å². The summed E-state index contributed by atoms with van der Waals surface area (Å²) in [5.74, 6) is -0.198. The van der Waals surface area contributed by atoms with Crippen LogP contribution < -0.4 is 0 Å². The molecule has 1 aliphatic carbocycles. The fourth-order valence-electron chi connectivity index (χ4n) is 2.05. The summed E-state index contributed by atoms with van der Waals surface area (Å²) in [7, 11) is 0. The van der Waals surface area contributed by atoms with Crippen LogP contribution in [0.25, 0.3) is 11.1 Å². The van der Waals surface area contributed by atoms with E-state index in [1.165, 1.54) is 6.07 Å². The second-order valence-electron chi connectivity index (χ2n) is 3.87. The average molecular weight is 265 g/mol. The zero-order valence-corrected chi connectivity index (χ0v) is 10.0. The molecule has 1 aliphatic rings. The monoisotopic (exact) mass is 264 g/mol. The van der Waals surface area contributed by atoms with Gasteiger partial charge in [-0.25, -0.2) is 0 Å². The molecule has 2 aromatic carbocycles. The third-order valence-corrected chi connectivity index (χ3v) is 3.39. The molecule has 2 aromatic rings. The van der Waals surface area contributed by atoms with E-state index in [1.54, 1.807) is 24.3 Å². The number of halogens is 2. The molecule has 0 saturated heterocycles. The number of carbonyl (C=O) groups is 1. The number of hydrogen-bond acceptors (Lipinski definition) is 2. The zero-order chi connectivity index (χ0) is 12.2. The molecule has 0 spiro atoms. The molecule has 0 aliphatic heterocycles. The van der Waals surface area contributed by atoms with E-state index in [1.807, 2.05) is 0 Å². The van der Waals surface area contributed by atoms with Gasteiger partial charge in [0.2, 0.25) is 0 Å². The van der Waals surface area contributed by atoms with E-state index in [2.05, 4.69) is 0 Å². The fourth-order valence-corrected chi connectivity index (χ4v) is 2.39. The number of aromatic hydroxyl groups is 1. The van der Waals surface area contributed by atoms with Crippen molar-refractivity contribution < 1.29 is 9.90 Å². The molecular formula is C13H6Cl2O2. The molecule has 1 N–H and O–H groups in total. The minimum absolute atomic E-state index is 0.0855. The van der Waals surface area contributed by atoms with Gasteiger partial charge in [0, 0.05) is 16.1 Å². The maximum Gasteiger partial charge on any atom is 0.194 e. The van der Waals surface area contributed by atoms with Crippen LogP contribution >= 0.6 is 23.2 Å². The predicted molar refractivity (Wildman–Crippen MR) is 67.0 cm³/mol. The third kappa shape index (κ3) is 1.45. The van der Waals surface area contributed by atoms with Gasteiger partial charge >= 0.3 is 0 Å². The largest absolute Gasteiger partial charge is 0.506 e. The Morgan fingerprint density at radius 2 is 1.59 bits per heavy atom. The van der Waals surface area contributed by atoms with Gasteiger partial charge in [-0.3, -0.25) is 4.79 Å². The SMILES string of the molecule is O=C1c2ccc(Cl)cc2-c2cc(Cl)c(O)cc21. The van der Waals surface area contributed by atoms with Gasteiger partial charge in [0.25, 0.3) is 0 Å². The van der Waals surface area contributed by atoms with Crippen molar-refractivity contribution in [2.45, 2.75) is 0 Å². The molecule has 2 nitrogen and oxygen atoms in total. The Morgan fingerprint density at radius 1 is 0.882 bits per heavy atom. The second kappa shape index (κ2) is 3.49. The Labute approximate surface area is 107 Å². The van der Waals surface area contributed by atoms with E-state index in [4.69, 9.17) is 23.2 Å². The number of hydrogen-bond donors (Lipinski definition) is 1. The van der Waals surface area contributed by atoms with Crippen molar-refractivity contribution in [1.29, 1.82) is 0 Å². The lowest BCUT2D eigenvalue weighted by Crippen LogP contribution is -1.94. The second-order valence-corrected chi connectivity index (χ2v) is 4.71. The summed E-state index contributed by atoms with van der Waals surface area (Å²) in [6.07, 6.45) is 0. The first-order chi connectivity index (χ1) is 8.08. The van der Waals surface area contributed by atoms with Gasteiger partial charge in [0.1, 0.15) is 5.75 Å². The van der Waals surface area contributed by atoms with Crippen molar-refractivity contribution in [1.82, 2.24) is 0 Å². The van der Waals surface area contributed by atoms with E-state index in [9.17, 15) is 9.90 Å². The lowest BCUT2D eigenvalue weighted by molar-refractivity contribution is 0.104. The average Bonchev–Trinajstić information content (AvgIpc) is 2.54.